The van der Waals surface area contributed by atoms with Gasteiger partial charge < -0.3 is 24.1 Å². The Morgan fingerprint density at radius 2 is 1.89 bits per heavy atom. The first kappa shape index (κ1) is 17.3. The Hall–Kier alpha value is -0.690. The topological polar surface area (TPSA) is 74.2 Å². The van der Waals surface area contributed by atoms with E-state index in [1.54, 1.807) is 21.0 Å². The number of methoxy groups -OCH3 is 2. The second-order valence-electron chi connectivity index (χ2n) is 4.45. The van der Waals surface area contributed by atoms with Crippen LogP contribution in [0, 0.1) is 5.92 Å². The first-order valence-electron chi connectivity index (χ1n) is 5.87. The lowest BCUT2D eigenvalue weighted by Crippen LogP contribution is -2.52. The summed E-state index contributed by atoms with van der Waals surface area (Å²) in [4.78, 5) is 11.7. The molecule has 0 radical (unpaired) electrons. The van der Waals surface area contributed by atoms with Crippen molar-refractivity contribution in [2.45, 2.75) is 32.5 Å². The van der Waals surface area contributed by atoms with Crippen LogP contribution in [0.2, 0.25) is 0 Å². The van der Waals surface area contributed by atoms with Crippen molar-refractivity contribution in [3.05, 3.63) is 0 Å². The van der Waals surface area contributed by atoms with Gasteiger partial charge in [-0.25, -0.2) is 4.79 Å². The Kier molecular flexibility index (Phi) is 8.10. The highest BCUT2D eigenvalue weighted by Crippen LogP contribution is 2.23. The summed E-state index contributed by atoms with van der Waals surface area (Å²) in [6.07, 6.45) is -0.976. The quantitative estimate of drug-likeness (QED) is 0.373. The van der Waals surface area contributed by atoms with Crippen LogP contribution >= 0.6 is 0 Å². The average Bonchev–Trinajstić information content (AvgIpc) is 2.36. The standard InChI is InChI=1S/C12H24O6/c1-9(2)10(13)12(3,11(14)16-5)18-8-17-7-6-15-4/h9-10,13H,6-8H2,1-5H3/t10-,12+/m0/s1. The van der Waals surface area contributed by atoms with E-state index >= 15 is 0 Å². The lowest BCUT2D eigenvalue weighted by Gasteiger charge is -2.33. The largest absolute Gasteiger partial charge is 0.467 e. The minimum absolute atomic E-state index is 0.112. The minimum atomic E-state index is -1.43. The summed E-state index contributed by atoms with van der Waals surface area (Å²) in [6.45, 7) is 5.75. The van der Waals surface area contributed by atoms with Crippen molar-refractivity contribution >= 4 is 5.97 Å². The van der Waals surface area contributed by atoms with Crippen LogP contribution in [0.3, 0.4) is 0 Å². The van der Waals surface area contributed by atoms with E-state index < -0.39 is 17.7 Å². The fraction of sp³-hybridized carbons (Fsp3) is 0.917. The molecule has 0 aliphatic carbocycles. The highest BCUT2D eigenvalue weighted by molar-refractivity contribution is 5.79. The summed E-state index contributed by atoms with van der Waals surface area (Å²) in [5.41, 5.74) is -1.43. The van der Waals surface area contributed by atoms with Gasteiger partial charge >= 0.3 is 5.97 Å². The molecular weight excluding hydrogens is 240 g/mol. The number of hydrogen-bond donors (Lipinski definition) is 1. The molecule has 6 nitrogen and oxygen atoms in total. The van der Waals surface area contributed by atoms with Crippen LogP contribution in [0.15, 0.2) is 0 Å². The molecule has 0 aliphatic rings. The third-order valence-corrected chi connectivity index (χ3v) is 2.66. The van der Waals surface area contributed by atoms with Crippen molar-refractivity contribution in [3.8, 4) is 0 Å². The Balaban J connectivity index is 4.44. The van der Waals surface area contributed by atoms with Gasteiger partial charge in [0, 0.05) is 7.11 Å². The predicted octanol–water partition coefficient (Wildman–Crippen LogP) is 0.572. The van der Waals surface area contributed by atoms with Gasteiger partial charge in [-0.05, 0) is 12.8 Å². The van der Waals surface area contributed by atoms with Crippen molar-refractivity contribution in [3.63, 3.8) is 0 Å². The monoisotopic (exact) mass is 264 g/mol. The van der Waals surface area contributed by atoms with Crippen LogP contribution in [-0.4, -0.2) is 57.0 Å². The molecule has 0 aliphatic heterocycles. The fourth-order valence-electron chi connectivity index (χ4n) is 1.47. The molecule has 0 aromatic heterocycles. The number of carbonyl (C=O) groups is 1. The molecule has 18 heavy (non-hydrogen) atoms. The summed E-state index contributed by atoms with van der Waals surface area (Å²) in [7, 11) is 2.81. The maximum atomic E-state index is 11.7. The highest BCUT2D eigenvalue weighted by atomic mass is 16.7. The van der Waals surface area contributed by atoms with Crippen LogP contribution < -0.4 is 0 Å². The van der Waals surface area contributed by atoms with Gasteiger partial charge in [-0.15, -0.1) is 0 Å². The van der Waals surface area contributed by atoms with Crippen molar-refractivity contribution in [2.24, 2.45) is 5.92 Å². The second-order valence-corrected chi connectivity index (χ2v) is 4.45. The van der Waals surface area contributed by atoms with Crippen molar-refractivity contribution in [2.75, 3.05) is 34.2 Å². The zero-order valence-electron chi connectivity index (χ0n) is 11.8. The smallest absolute Gasteiger partial charge is 0.340 e. The molecule has 0 spiro atoms. The van der Waals surface area contributed by atoms with Crippen LogP contribution in [0.25, 0.3) is 0 Å². The zero-order valence-corrected chi connectivity index (χ0v) is 11.8. The molecule has 0 rings (SSSR count). The molecule has 0 fully saturated rings. The molecule has 6 heteroatoms. The molecule has 2 atom stereocenters. The van der Waals surface area contributed by atoms with Crippen molar-refractivity contribution in [1.82, 2.24) is 0 Å². The summed E-state index contributed by atoms with van der Waals surface area (Å²) >= 11 is 0. The van der Waals surface area contributed by atoms with Crippen LogP contribution in [0.1, 0.15) is 20.8 Å². The SMILES string of the molecule is COCCOCO[C@@](C)(C(=O)OC)[C@@H](O)C(C)C. The van der Waals surface area contributed by atoms with E-state index in [1.807, 2.05) is 0 Å². The fourth-order valence-corrected chi connectivity index (χ4v) is 1.47. The first-order valence-corrected chi connectivity index (χ1v) is 5.87. The van der Waals surface area contributed by atoms with E-state index in [4.69, 9.17) is 14.2 Å². The third-order valence-electron chi connectivity index (χ3n) is 2.66. The number of esters is 1. The third kappa shape index (κ3) is 4.89. The molecule has 0 heterocycles. The molecule has 0 saturated heterocycles. The molecule has 0 aromatic carbocycles. The van der Waals surface area contributed by atoms with Crippen LogP contribution in [0.4, 0.5) is 0 Å². The summed E-state index contributed by atoms with van der Waals surface area (Å²) in [6, 6.07) is 0. The van der Waals surface area contributed by atoms with E-state index in [2.05, 4.69) is 4.74 Å². The molecule has 1 N–H and O–H groups in total. The maximum absolute atomic E-state index is 11.7. The number of aliphatic hydroxyl groups excluding tert-OH is 1. The second kappa shape index (κ2) is 8.42. The molecule has 108 valence electrons. The van der Waals surface area contributed by atoms with E-state index in [0.29, 0.717) is 13.2 Å². The molecule has 0 unspecified atom stereocenters. The average molecular weight is 264 g/mol. The van der Waals surface area contributed by atoms with Gasteiger partial charge in [0.2, 0.25) is 0 Å². The molecule has 0 amide bonds. The van der Waals surface area contributed by atoms with Crippen LogP contribution in [0.5, 0.6) is 0 Å². The van der Waals surface area contributed by atoms with E-state index in [0.717, 1.165) is 0 Å². The zero-order chi connectivity index (χ0) is 14.2. The molecule has 0 bridgehead atoms. The summed E-state index contributed by atoms with van der Waals surface area (Å²) in [5, 5.41) is 10.0. The van der Waals surface area contributed by atoms with Gasteiger partial charge in [-0.1, -0.05) is 13.8 Å². The Morgan fingerprint density at radius 3 is 2.33 bits per heavy atom. The van der Waals surface area contributed by atoms with E-state index in [1.165, 1.54) is 14.0 Å². The van der Waals surface area contributed by atoms with Gasteiger partial charge in [-0.2, -0.15) is 0 Å². The van der Waals surface area contributed by atoms with Gasteiger partial charge in [0.25, 0.3) is 0 Å². The summed E-state index contributed by atoms with van der Waals surface area (Å²) < 4.78 is 19.9. The lowest BCUT2D eigenvalue weighted by molar-refractivity contribution is -0.210. The molecular formula is C12H24O6. The number of hydrogen-bond acceptors (Lipinski definition) is 6. The van der Waals surface area contributed by atoms with E-state index in [9.17, 15) is 9.90 Å². The maximum Gasteiger partial charge on any atom is 0.340 e. The first-order chi connectivity index (χ1) is 8.40. The highest BCUT2D eigenvalue weighted by Gasteiger charge is 2.44. The van der Waals surface area contributed by atoms with Crippen molar-refractivity contribution in [1.29, 1.82) is 0 Å². The number of aliphatic hydroxyl groups is 1. The lowest BCUT2D eigenvalue weighted by atomic mass is 9.90. The molecule has 0 aromatic rings. The van der Waals surface area contributed by atoms with Crippen LogP contribution in [-0.2, 0) is 23.7 Å². The Labute approximate surface area is 108 Å². The number of rotatable bonds is 9. The summed E-state index contributed by atoms with van der Waals surface area (Å²) in [5.74, 6) is -0.771. The number of ether oxygens (including phenoxy) is 4. The van der Waals surface area contributed by atoms with Gasteiger partial charge in [0.15, 0.2) is 5.60 Å². The van der Waals surface area contributed by atoms with Gasteiger partial charge in [0.05, 0.1) is 26.4 Å². The minimum Gasteiger partial charge on any atom is -0.467 e. The number of carbonyl (C=O) groups excluding carboxylic acids is 1. The van der Waals surface area contributed by atoms with Crippen molar-refractivity contribution < 1.29 is 28.8 Å². The van der Waals surface area contributed by atoms with Gasteiger partial charge in [0.1, 0.15) is 6.79 Å². The normalized spacial score (nSPS) is 16.4. The predicted molar refractivity (Wildman–Crippen MR) is 65.0 cm³/mol. The molecule has 0 saturated carbocycles. The van der Waals surface area contributed by atoms with Gasteiger partial charge in [-0.3, -0.25) is 0 Å². The Morgan fingerprint density at radius 1 is 1.28 bits per heavy atom. The Bertz CT molecular complexity index is 243. The van der Waals surface area contributed by atoms with E-state index in [-0.39, 0.29) is 12.7 Å².